The van der Waals surface area contributed by atoms with Crippen molar-refractivity contribution in [1.29, 1.82) is 0 Å². The molecular formula is C15H22O2. The molecule has 0 aromatic heterocycles. The van der Waals surface area contributed by atoms with Crippen molar-refractivity contribution in [3.05, 3.63) is 59.6 Å². The summed E-state index contributed by atoms with van der Waals surface area (Å²) >= 11 is 0. The van der Waals surface area contributed by atoms with Crippen molar-refractivity contribution in [3.8, 4) is 0 Å². The standard InChI is InChI=1S/C15H22O2/c1-7-15(17-6)11-9-13(3)12(2)8-10-14(4)16-5/h7-11H,1H2,2-6H3/b12-8+,13-9+,14-10+,15-11+. The first-order valence-corrected chi connectivity index (χ1v) is 5.49. The van der Waals surface area contributed by atoms with Crippen LogP contribution in [-0.4, -0.2) is 14.2 Å². The van der Waals surface area contributed by atoms with Crippen LogP contribution in [0.2, 0.25) is 0 Å². The van der Waals surface area contributed by atoms with Crippen LogP contribution in [0.4, 0.5) is 0 Å². The largest absolute Gasteiger partial charge is 0.501 e. The molecule has 0 rings (SSSR count). The zero-order valence-corrected chi connectivity index (χ0v) is 11.4. The molecule has 0 spiro atoms. The van der Waals surface area contributed by atoms with Crippen molar-refractivity contribution in [3.63, 3.8) is 0 Å². The summed E-state index contributed by atoms with van der Waals surface area (Å²) in [6.45, 7) is 9.69. The predicted molar refractivity (Wildman–Crippen MR) is 73.6 cm³/mol. The first-order valence-electron chi connectivity index (χ1n) is 5.49. The minimum Gasteiger partial charge on any atom is -0.501 e. The van der Waals surface area contributed by atoms with E-state index in [-0.39, 0.29) is 0 Å². The van der Waals surface area contributed by atoms with Crippen molar-refractivity contribution in [1.82, 2.24) is 0 Å². The van der Waals surface area contributed by atoms with Crippen LogP contribution in [0.1, 0.15) is 20.8 Å². The summed E-state index contributed by atoms with van der Waals surface area (Å²) in [7, 11) is 3.29. The maximum absolute atomic E-state index is 5.09. The van der Waals surface area contributed by atoms with Crippen molar-refractivity contribution in [2.75, 3.05) is 14.2 Å². The van der Waals surface area contributed by atoms with Crippen LogP contribution in [0.15, 0.2) is 59.6 Å². The lowest BCUT2D eigenvalue weighted by molar-refractivity contribution is 0.294. The van der Waals surface area contributed by atoms with E-state index in [1.165, 1.54) is 11.1 Å². The molecule has 0 unspecified atom stereocenters. The third-order valence-corrected chi connectivity index (χ3v) is 2.45. The highest BCUT2D eigenvalue weighted by Gasteiger charge is 1.92. The smallest absolute Gasteiger partial charge is 0.118 e. The summed E-state index contributed by atoms with van der Waals surface area (Å²) < 4.78 is 10.2. The Balaban J connectivity index is 4.81. The molecule has 0 aromatic rings. The van der Waals surface area contributed by atoms with Crippen molar-refractivity contribution in [2.24, 2.45) is 0 Å². The lowest BCUT2D eigenvalue weighted by atomic mass is 10.1. The summed E-state index contributed by atoms with van der Waals surface area (Å²) in [6.07, 6.45) is 9.55. The molecule has 17 heavy (non-hydrogen) atoms. The lowest BCUT2D eigenvalue weighted by Crippen LogP contribution is -1.82. The summed E-state index contributed by atoms with van der Waals surface area (Å²) in [5, 5.41) is 0. The Kier molecular flexibility index (Phi) is 7.61. The van der Waals surface area contributed by atoms with Gasteiger partial charge in [0, 0.05) is 0 Å². The van der Waals surface area contributed by atoms with E-state index in [4.69, 9.17) is 9.47 Å². The van der Waals surface area contributed by atoms with Crippen LogP contribution >= 0.6 is 0 Å². The summed E-state index contributed by atoms with van der Waals surface area (Å²) in [5.41, 5.74) is 2.35. The summed E-state index contributed by atoms with van der Waals surface area (Å²) in [6, 6.07) is 0. The van der Waals surface area contributed by atoms with E-state index in [0.717, 1.165) is 11.5 Å². The monoisotopic (exact) mass is 234 g/mol. The van der Waals surface area contributed by atoms with Gasteiger partial charge in [-0.3, -0.25) is 0 Å². The molecule has 0 aliphatic heterocycles. The van der Waals surface area contributed by atoms with E-state index in [9.17, 15) is 0 Å². The molecule has 94 valence electrons. The molecule has 0 amide bonds. The average molecular weight is 234 g/mol. The van der Waals surface area contributed by atoms with Crippen molar-refractivity contribution < 1.29 is 9.47 Å². The van der Waals surface area contributed by atoms with E-state index in [1.54, 1.807) is 20.3 Å². The SMILES string of the molecule is C=C\C(=C/C=C(C)/C(C)=C/C=C(\C)OC)OC. The second-order valence-electron chi connectivity index (χ2n) is 3.66. The number of allylic oxidation sites excluding steroid dienone is 8. The minimum atomic E-state index is 0.751. The molecule has 0 fully saturated rings. The van der Waals surface area contributed by atoms with Crippen LogP contribution in [-0.2, 0) is 9.47 Å². The van der Waals surface area contributed by atoms with Gasteiger partial charge < -0.3 is 9.47 Å². The zero-order chi connectivity index (χ0) is 13.3. The quantitative estimate of drug-likeness (QED) is 0.508. The van der Waals surface area contributed by atoms with E-state index in [1.807, 2.05) is 31.2 Å². The zero-order valence-electron chi connectivity index (χ0n) is 11.4. The molecule has 0 aliphatic rings. The normalized spacial score (nSPS) is 14.6. The first-order chi connectivity index (χ1) is 8.04. The van der Waals surface area contributed by atoms with Gasteiger partial charge in [-0.1, -0.05) is 18.7 Å². The van der Waals surface area contributed by atoms with Gasteiger partial charge in [-0.05, 0) is 50.1 Å². The molecule has 0 N–H and O–H groups in total. The fourth-order valence-electron chi connectivity index (χ4n) is 1.000. The van der Waals surface area contributed by atoms with Crippen LogP contribution in [0.3, 0.4) is 0 Å². The van der Waals surface area contributed by atoms with E-state index >= 15 is 0 Å². The van der Waals surface area contributed by atoms with Gasteiger partial charge in [0.2, 0.25) is 0 Å². The van der Waals surface area contributed by atoms with Gasteiger partial charge in [0.15, 0.2) is 0 Å². The van der Waals surface area contributed by atoms with Gasteiger partial charge in [0.1, 0.15) is 5.76 Å². The van der Waals surface area contributed by atoms with Gasteiger partial charge in [-0.25, -0.2) is 0 Å². The Hall–Kier alpha value is -1.70. The van der Waals surface area contributed by atoms with Gasteiger partial charge in [0.05, 0.1) is 20.0 Å². The fourth-order valence-corrected chi connectivity index (χ4v) is 1.000. The molecule has 0 saturated carbocycles. The summed E-state index contributed by atoms with van der Waals surface area (Å²) in [4.78, 5) is 0. The molecule has 2 heteroatoms. The molecule has 2 nitrogen and oxygen atoms in total. The Morgan fingerprint density at radius 2 is 1.35 bits per heavy atom. The van der Waals surface area contributed by atoms with E-state index in [2.05, 4.69) is 20.4 Å². The van der Waals surface area contributed by atoms with Crippen LogP contribution in [0, 0.1) is 0 Å². The second kappa shape index (κ2) is 8.45. The Morgan fingerprint density at radius 3 is 1.76 bits per heavy atom. The molecule has 0 radical (unpaired) electrons. The lowest BCUT2D eigenvalue weighted by Gasteiger charge is -2.01. The molecule has 0 bridgehead atoms. The Labute approximate surface area is 105 Å². The highest BCUT2D eigenvalue weighted by Crippen LogP contribution is 2.10. The molecule has 0 heterocycles. The molecule has 0 aliphatic carbocycles. The number of hydrogen-bond acceptors (Lipinski definition) is 2. The van der Waals surface area contributed by atoms with Gasteiger partial charge in [-0.2, -0.15) is 0 Å². The van der Waals surface area contributed by atoms with E-state index < -0.39 is 0 Å². The van der Waals surface area contributed by atoms with Gasteiger partial charge >= 0.3 is 0 Å². The molecular weight excluding hydrogens is 212 g/mol. The fraction of sp³-hybridized carbons (Fsp3) is 0.333. The number of ether oxygens (including phenoxy) is 2. The van der Waals surface area contributed by atoms with E-state index in [0.29, 0.717) is 0 Å². The highest BCUT2D eigenvalue weighted by atomic mass is 16.5. The number of rotatable bonds is 6. The Morgan fingerprint density at radius 1 is 0.824 bits per heavy atom. The second-order valence-corrected chi connectivity index (χ2v) is 3.66. The molecule has 0 saturated heterocycles. The maximum atomic E-state index is 5.09. The first kappa shape index (κ1) is 15.3. The minimum absolute atomic E-state index is 0.751. The maximum Gasteiger partial charge on any atom is 0.118 e. The van der Waals surface area contributed by atoms with Gasteiger partial charge in [0.25, 0.3) is 0 Å². The number of methoxy groups -OCH3 is 2. The number of hydrogen-bond donors (Lipinski definition) is 0. The topological polar surface area (TPSA) is 18.5 Å². The third kappa shape index (κ3) is 6.46. The average Bonchev–Trinajstić information content (AvgIpc) is 2.36. The predicted octanol–water partition coefficient (Wildman–Crippen LogP) is 4.15. The van der Waals surface area contributed by atoms with Crippen molar-refractivity contribution >= 4 is 0 Å². The third-order valence-electron chi connectivity index (χ3n) is 2.45. The van der Waals surface area contributed by atoms with Crippen molar-refractivity contribution in [2.45, 2.75) is 20.8 Å². The summed E-state index contributed by atoms with van der Waals surface area (Å²) in [5.74, 6) is 1.64. The molecule has 0 atom stereocenters. The van der Waals surface area contributed by atoms with Crippen LogP contribution in [0.5, 0.6) is 0 Å². The molecule has 0 aromatic carbocycles. The van der Waals surface area contributed by atoms with Gasteiger partial charge in [-0.15, -0.1) is 0 Å². The van der Waals surface area contributed by atoms with Crippen LogP contribution < -0.4 is 0 Å². The Bertz CT molecular complexity index is 368. The van der Waals surface area contributed by atoms with Crippen LogP contribution in [0.25, 0.3) is 0 Å². The highest BCUT2D eigenvalue weighted by molar-refractivity contribution is 5.34.